The first-order valence-corrected chi connectivity index (χ1v) is 8.62. The van der Waals surface area contributed by atoms with Gasteiger partial charge in [0.1, 0.15) is 17.0 Å². The number of benzene rings is 1. The quantitative estimate of drug-likeness (QED) is 0.535. The Bertz CT molecular complexity index is 1030. The number of thiophene rings is 1. The summed E-state index contributed by atoms with van der Waals surface area (Å²) in [5.41, 5.74) is 5.90. The summed E-state index contributed by atoms with van der Waals surface area (Å²) in [6, 6.07) is 6.58. The van der Waals surface area contributed by atoms with Gasteiger partial charge in [-0.1, -0.05) is 32.0 Å². The monoisotopic (exact) mass is 322 g/mol. The Hall–Kier alpha value is -2.27. The molecule has 3 heterocycles. The summed E-state index contributed by atoms with van der Waals surface area (Å²) in [5, 5.41) is 12.1. The highest BCUT2D eigenvalue weighted by atomic mass is 32.1. The molecule has 0 spiro atoms. The van der Waals surface area contributed by atoms with Gasteiger partial charge in [0.15, 0.2) is 5.65 Å². The van der Waals surface area contributed by atoms with E-state index in [1.807, 2.05) is 10.7 Å². The Kier molecular flexibility index (Phi) is 3.20. The van der Waals surface area contributed by atoms with E-state index in [2.05, 4.69) is 66.5 Å². The van der Waals surface area contributed by atoms with Crippen LogP contribution in [-0.2, 0) is 0 Å². The third-order valence-corrected chi connectivity index (χ3v) is 5.23. The summed E-state index contributed by atoms with van der Waals surface area (Å²) >= 11 is 1.66. The van der Waals surface area contributed by atoms with Crippen LogP contribution in [0.4, 0.5) is 0 Å². The lowest BCUT2D eigenvalue weighted by Gasteiger charge is -2.06. The molecule has 23 heavy (non-hydrogen) atoms. The van der Waals surface area contributed by atoms with Crippen LogP contribution in [0.1, 0.15) is 36.7 Å². The standard InChI is InChI=1S/C18H18N4S/c1-10(2)16-20-21-17-15-14(8-23-18(15)19-9-22(16)17)13-6-5-11(3)12(4)7-13/h5-10H,1-4H3. The topological polar surface area (TPSA) is 43.1 Å². The second-order valence-corrected chi connectivity index (χ2v) is 7.14. The van der Waals surface area contributed by atoms with E-state index in [0.29, 0.717) is 5.92 Å². The van der Waals surface area contributed by atoms with Crippen molar-refractivity contribution in [2.75, 3.05) is 0 Å². The lowest BCUT2D eigenvalue weighted by molar-refractivity contribution is 0.755. The largest absolute Gasteiger partial charge is 0.268 e. The van der Waals surface area contributed by atoms with Gasteiger partial charge in [-0.3, -0.25) is 4.40 Å². The second-order valence-electron chi connectivity index (χ2n) is 6.28. The third kappa shape index (κ3) is 2.15. The minimum atomic E-state index is 0.313. The van der Waals surface area contributed by atoms with Crippen molar-refractivity contribution < 1.29 is 0 Å². The SMILES string of the molecule is Cc1ccc(-c2csc3ncn4c(C(C)C)nnc4c23)cc1C. The molecule has 0 aliphatic rings. The molecule has 1 aromatic carbocycles. The molecule has 0 N–H and O–H groups in total. The van der Waals surface area contributed by atoms with Crippen molar-refractivity contribution in [3.05, 3.63) is 46.9 Å². The van der Waals surface area contributed by atoms with E-state index in [0.717, 1.165) is 21.7 Å². The highest BCUT2D eigenvalue weighted by molar-refractivity contribution is 7.17. The summed E-state index contributed by atoms with van der Waals surface area (Å²) in [6.07, 6.45) is 1.84. The summed E-state index contributed by atoms with van der Waals surface area (Å²) in [4.78, 5) is 5.62. The number of aromatic nitrogens is 4. The third-order valence-electron chi connectivity index (χ3n) is 4.34. The molecule has 0 aliphatic heterocycles. The fraction of sp³-hybridized carbons (Fsp3) is 0.278. The number of fused-ring (bicyclic) bond motifs is 3. The Morgan fingerprint density at radius 3 is 2.65 bits per heavy atom. The summed E-state index contributed by atoms with van der Waals surface area (Å²) in [7, 11) is 0. The molecule has 0 aliphatic carbocycles. The molecule has 0 saturated heterocycles. The van der Waals surface area contributed by atoms with Gasteiger partial charge in [0, 0.05) is 16.9 Å². The molecule has 4 rings (SSSR count). The molecule has 5 heteroatoms. The molecular formula is C18H18N4S. The Morgan fingerprint density at radius 2 is 1.91 bits per heavy atom. The molecule has 116 valence electrons. The second kappa shape index (κ2) is 5.13. The minimum absolute atomic E-state index is 0.313. The van der Waals surface area contributed by atoms with E-state index in [4.69, 9.17) is 0 Å². The van der Waals surface area contributed by atoms with Crippen molar-refractivity contribution in [3.8, 4) is 11.1 Å². The van der Waals surface area contributed by atoms with Gasteiger partial charge in [0.2, 0.25) is 0 Å². The number of aryl methyl sites for hydroxylation is 2. The van der Waals surface area contributed by atoms with Crippen LogP contribution in [0.2, 0.25) is 0 Å². The van der Waals surface area contributed by atoms with Crippen LogP contribution in [0.15, 0.2) is 29.9 Å². The van der Waals surface area contributed by atoms with Crippen molar-refractivity contribution in [1.82, 2.24) is 19.6 Å². The fourth-order valence-electron chi connectivity index (χ4n) is 2.87. The van der Waals surface area contributed by atoms with E-state index in [1.54, 1.807) is 11.3 Å². The molecule has 0 bridgehead atoms. The van der Waals surface area contributed by atoms with Crippen LogP contribution < -0.4 is 0 Å². The van der Waals surface area contributed by atoms with E-state index in [-0.39, 0.29) is 0 Å². The Balaban J connectivity index is 2.04. The predicted octanol–water partition coefficient (Wildman–Crippen LogP) is 4.75. The number of rotatable bonds is 2. The van der Waals surface area contributed by atoms with E-state index in [9.17, 15) is 0 Å². The normalized spacial score (nSPS) is 11.9. The van der Waals surface area contributed by atoms with Gasteiger partial charge < -0.3 is 0 Å². The maximum atomic E-state index is 4.61. The lowest BCUT2D eigenvalue weighted by atomic mass is 10.0. The molecule has 4 nitrogen and oxygen atoms in total. The zero-order valence-corrected chi connectivity index (χ0v) is 14.5. The summed E-state index contributed by atoms with van der Waals surface area (Å²) in [6.45, 7) is 8.53. The molecule has 4 aromatic rings. The van der Waals surface area contributed by atoms with Gasteiger partial charge >= 0.3 is 0 Å². The smallest absolute Gasteiger partial charge is 0.173 e. The molecule has 0 unspecified atom stereocenters. The minimum Gasteiger partial charge on any atom is -0.268 e. The highest BCUT2D eigenvalue weighted by Gasteiger charge is 2.17. The van der Waals surface area contributed by atoms with Gasteiger partial charge in [-0.05, 0) is 30.5 Å². The molecular weight excluding hydrogens is 304 g/mol. The summed E-state index contributed by atoms with van der Waals surface area (Å²) in [5.74, 6) is 1.26. The van der Waals surface area contributed by atoms with Gasteiger partial charge in [-0.2, -0.15) is 0 Å². The van der Waals surface area contributed by atoms with Gasteiger partial charge in [0.05, 0.1) is 5.39 Å². The van der Waals surface area contributed by atoms with Crippen LogP contribution in [0.3, 0.4) is 0 Å². The van der Waals surface area contributed by atoms with Crippen molar-refractivity contribution in [2.45, 2.75) is 33.6 Å². The van der Waals surface area contributed by atoms with E-state index < -0.39 is 0 Å². The molecule has 0 radical (unpaired) electrons. The average Bonchev–Trinajstić information content (AvgIpc) is 3.12. The molecule has 0 amide bonds. The van der Waals surface area contributed by atoms with Crippen LogP contribution in [-0.4, -0.2) is 19.6 Å². The zero-order valence-electron chi connectivity index (χ0n) is 13.7. The number of nitrogens with zero attached hydrogens (tertiary/aromatic N) is 4. The maximum Gasteiger partial charge on any atom is 0.173 e. The van der Waals surface area contributed by atoms with Crippen LogP contribution in [0.5, 0.6) is 0 Å². The van der Waals surface area contributed by atoms with E-state index in [1.165, 1.54) is 22.3 Å². The molecule has 3 aromatic heterocycles. The van der Waals surface area contributed by atoms with Crippen LogP contribution in [0, 0.1) is 13.8 Å². The Labute approximate surface area is 138 Å². The molecule has 0 saturated carbocycles. The van der Waals surface area contributed by atoms with Crippen molar-refractivity contribution in [1.29, 1.82) is 0 Å². The number of hydrogen-bond acceptors (Lipinski definition) is 4. The van der Waals surface area contributed by atoms with Crippen LogP contribution in [0.25, 0.3) is 27.0 Å². The van der Waals surface area contributed by atoms with Crippen LogP contribution >= 0.6 is 11.3 Å². The summed E-state index contributed by atoms with van der Waals surface area (Å²) < 4.78 is 2.02. The van der Waals surface area contributed by atoms with Gasteiger partial charge in [-0.25, -0.2) is 4.98 Å². The van der Waals surface area contributed by atoms with Crippen molar-refractivity contribution >= 4 is 27.2 Å². The lowest BCUT2D eigenvalue weighted by Crippen LogP contribution is -1.97. The zero-order chi connectivity index (χ0) is 16.1. The maximum absolute atomic E-state index is 4.61. The fourth-order valence-corrected chi connectivity index (χ4v) is 3.78. The van der Waals surface area contributed by atoms with Crippen molar-refractivity contribution in [3.63, 3.8) is 0 Å². The van der Waals surface area contributed by atoms with E-state index >= 15 is 0 Å². The number of hydrogen-bond donors (Lipinski definition) is 0. The van der Waals surface area contributed by atoms with Crippen molar-refractivity contribution in [2.24, 2.45) is 0 Å². The molecule has 0 atom stereocenters. The highest BCUT2D eigenvalue weighted by Crippen LogP contribution is 2.36. The Morgan fingerprint density at radius 1 is 1.09 bits per heavy atom. The first kappa shape index (κ1) is 14.3. The first-order valence-electron chi connectivity index (χ1n) is 7.74. The molecule has 0 fully saturated rings. The average molecular weight is 322 g/mol. The first-order chi connectivity index (χ1) is 11.1. The van der Waals surface area contributed by atoms with Gasteiger partial charge in [0.25, 0.3) is 0 Å². The van der Waals surface area contributed by atoms with Gasteiger partial charge in [-0.15, -0.1) is 21.5 Å². The predicted molar refractivity (Wildman–Crippen MR) is 95.2 cm³/mol.